The van der Waals surface area contributed by atoms with Crippen molar-refractivity contribution in [2.75, 3.05) is 0 Å². The second-order valence-corrected chi connectivity index (χ2v) is 36.5. The van der Waals surface area contributed by atoms with Crippen LogP contribution in [0.2, 0.25) is 0 Å². The van der Waals surface area contributed by atoms with Crippen LogP contribution in [0.3, 0.4) is 0 Å². The molecule has 0 spiro atoms. The number of imidazole rings is 1. The molecule has 3 aromatic heterocycles. The first kappa shape index (κ1) is 48.2. The van der Waals surface area contributed by atoms with Crippen molar-refractivity contribution in [2.24, 2.45) is 0 Å². The van der Waals surface area contributed by atoms with E-state index in [0.29, 0.717) is 73.2 Å². The fourth-order valence-corrected chi connectivity index (χ4v) is 20.0. The van der Waals surface area contributed by atoms with Gasteiger partial charge in [-0.1, -0.05) is 284 Å². The van der Waals surface area contributed by atoms with E-state index in [0.717, 1.165) is 62.5 Å². The van der Waals surface area contributed by atoms with E-state index in [1.54, 1.807) is 41.0 Å². The predicted molar refractivity (Wildman–Crippen MR) is 448 cm³/mol. The molecule has 6 heteroatoms. The first-order valence-corrected chi connectivity index (χ1v) is 38.2. The SMILES string of the molecule is [2H]c1c([2H])c([2H])c([Si](c2cc3c4c(c2)n(-c2cccc(Oc5ccc6c7ccccc7n(-c7cc(C(C)(C)C)ccn7)c6c5)c2)[c-][n+]4-c2c(-c4cc(C(C)(C)C)cc(C(C)(C)C)c4)cc(-c4c(C([2H])([2H])[2H])cccc4C([2H])([2H])[2H])cc2-c2cc4c(cc2-c2ccccc2-3)C(C)(C)CCC4(C)C)(c2c([2H])c([2H])c([2H])c([2H])c2[2H])c2c([2H])c([2H])c([2H])c([2H])c2[2H])c([2H])c1[2H]. The third kappa shape index (κ3) is 11.4. The average molecular weight is 1420 g/mol. The Morgan fingerprint density at radius 1 is 0.453 bits per heavy atom. The Labute approximate surface area is 657 Å². The van der Waals surface area contributed by atoms with E-state index in [-0.39, 0.29) is 43.9 Å². The van der Waals surface area contributed by atoms with Gasteiger partial charge >= 0.3 is 0 Å². The molecule has 0 radical (unpaired) electrons. The van der Waals surface area contributed by atoms with Crippen LogP contribution in [0.4, 0.5) is 0 Å². The fraction of sp³-hybridized carbons (Fsp3) is 0.220. The molecule has 2 aliphatic rings. The first-order valence-electron chi connectivity index (χ1n) is 46.7. The zero-order valence-electron chi connectivity index (χ0n) is 82.9. The van der Waals surface area contributed by atoms with Gasteiger partial charge in [0.1, 0.15) is 17.3 Å². The molecule has 0 atom stereocenters. The van der Waals surface area contributed by atoms with Gasteiger partial charge in [0.05, 0.1) is 54.0 Å². The van der Waals surface area contributed by atoms with Gasteiger partial charge in [0.15, 0.2) is 8.07 Å². The van der Waals surface area contributed by atoms with Crippen molar-refractivity contribution in [3.8, 4) is 84.3 Å². The molecule has 106 heavy (non-hydrogen) atoms. The van der Waals surface area contributed by atoms with Gasteiger partial charge in [-0.05, 0) is 236 Å². The van der Waals surface area contributed by atoms with Crippen molar-refractivity contribution < 1.29 is 38.1 Å². The molecule has 17 rings (SSSR count). The van der Waals surface area contributed by atoms with Crippen LogP contribution in [0.1, 0.15) is 171 Å². The number of nitrogens with zero attached hydrogens (tertiary/aromatic N) is 4. The highest BCUT2D eigenvalue weighted by atomic mass is 28.3. The Kier molecular flexibility index (Phi) is 11.4. The van der Waals surface area contributed by atoms with Gasteiger partial charge in [-0.15, -0.1) is 0 Å². The lowest BCUT2D eigenvalue weighted by molar-refractivity contribution is -0.570. The molecular formula is C100H94N4OSi. The maximum Gasteiger partial charge on any atom is 0.269 e. The standard InChI is InChI=1S/C100H94N4OSi/c1-64-31-29-32-65(2)93(64)67-53-82(66-51-69(97(6,7)8)55-70(52-66)98(9,10)11)94-85(54-67)84-62-88-87(99(12,13)48-49-100(88,14)15)61-83(84)78-41-25-26-42-79(78)86-59-77(106(74-35-19-16-20-36-74,75-37-21-17-22-38-75)76-39-23-18-24-40-76)60-91-95(86)103(94)63-102(91)71-33-30-34-72(57-71)105-73-45-46-81-80-43-27-28-44-89(80)104(90(81)58-73)92-56-68(47-50-101-92)96(3,4)5/h16-47,50-62H,48-49H2,1-15H3/i1D3,2D3,16D,17D,18D,19D,20D,21D,22D,23D,24D,35D,36D,37D,38D,39D,40D. The van der Waals surface area contributed by atoms with Crippen molar-refractivity contribution in [3.63, 3.8) is 0 Å². The number of benzene rings is 12. The molecule has 12 aromatic carbocycles. The second kappa shape index (κ2) is 25.1. The van der Waals surface area contributed by atoms with E-state index in [9.17, 15) is 28.8 Å². The van der Waals surface area contributed by atoms with E-state index in [1.807, 2.05) is 89.6 Å². The highest BCUT2D eigenvalue weighted by Gasteiger charge is 2.44. The minimum absolute atomic E-state index is 0.0318. The van der Waals surface area contributed by atoms with Gasteiger partial charge in [-0.3, -0.25) is 13.7 Å². The fourth-order valence-electron chi connectivity index (χ4n) is 16.2. The van der Waals surface area contributed by atoms with E-state index in [1.165, 1.54) is 18.2 Å². The van der Waals surface area contributed by atoms with Crippen LogP contribution >= 0.6 is 0 Å². The van der Waals surface area contributed by atoms with Crippen molar-refractivity contribution in [2.45, 2.75) is 144 Å². The molecule has 0 saturated carbocycles. The van der Waals surface area contributed by atoms with Gasteiger partial charge in [0.2, 0.25) is 0 Å². The van der Waals surface area contributed by atoms with Gasteiger partial charge in [-0.2, -0.15) is 0 Å². The summed E-state index contributed by atoms with van der Waals surface area (Å²) in [6, 6.07) is 40.9. The largest absolute Gasteiger partial charge is 0.458 e. The second-order valence-electron chi connectivity index (χ2n) is 32.9. The molecule has 1 aliphatic carbocycles. The van der Waals surface area contributed by atoms with Crippen LogP contribution in [-0.2, 0) is 27.1 Å². The summed E-state index contributed by atoms with van der Waals surface area (Å²) < 4.78 is 217. The lowest BCUT2D eigenvalue weighted by Crippen LogP contribution is -2.74. The third-order valence-electron chi connectivity index (χ3n) is 22.1. The van der Waals surface area contributed by atoms with Gasteiger partial charge in [-0.25, -0.2) is 4.98 Å². The molecule has 15 aromatic rings. The zero-order chi connectivity index (χ0) is 91.6. The van der Waals surface area contributed by atoms with E-state index in [4.69, 9.17) is 9.72 Å². The summed E-state index contributed by atoms with van der Waals surface area (Å²) in [5.74, 6) is 1.40. The normalized spacial score (nSPS) is 17.1. The Bertz CT molecular complexity index is 6920. The van der Waals surface area contributed by atoms with Crippen LogP contribution in [0.25, 0.3) is 106 Å². The van der Waals surface area contributed by atoms with E-state index in [2.05, 4.69) is 143 Å². The number of aromatic nitrogens is 4. The number of aryl methyl sites for hydroxylation is 2. The lowest BCUT2D eigenvalue weighted by Gasteiger charge is -2.42. The number of pyridine rings is 1. The Hall–Kier alpha value is -10.9. The summed E-state index contributed by atoms with van der Waals surface area (Å²) in [5, 5.41) is -0.349. The minimum atomic E-state index is -6.03. The van der Waals surface area contributed by atoms with E-state index < -0.39 is 150 Å². The number of para-hydroxylation sites is 1. The van der Waals surface area contributed by atoms with Crippen molar-refractivity contribution in [3.05, 3.63) is 318 Å². The van der Waals surface area contributed by atoms with Crippen LogP contribution in [0.15, 0.2) is 273 Å². The van der Waals surface area contributed by atoms with Crippen LogP contribution < -0.4 is 30.1 Å². The zero-order valence-corrected chi connectivity index (χ0v) is 62.9. The Morgan fingerprint density at radius 2 is 1.00 bits per heavy atom. The van der Waals surface area contributed by atoms with Crippen LogP contribution in [0.5, 0.6) is 11.5 Å². The summed E-state index contributed by atoms with van der Waals surface area (Å²) in [6.45, 7) is 22.2. The average Bonchev–Trinajstić information content (AvgIpc) is 1.57. The van der Waals surface area contributed by atoms with Crippen molar-refractivity contribution in [1.82, 2.24) is 14.1 Å². The highest BCUT2D eigenvalue weighted by Crippen LogP contribution is 2.54. The van der Waals surface area contributed by atoms with Gasteiger partial charge in [0.25, 0.3) is 6.33 Å². The predicted octanol–water partition coefficient (Wildman–Crippen LogP) is 22.9. The summed E-state index contributed by atoms with van der Waals surface area (Å²) in [5.41, 5.74) is 9.29. The van der Waals surface area contributed by atoms with Gasteiger partial charge in [0, 0.05) is 31.3 Å². The molecule has 0 fully saturated rings. The number of hydrogen-bond donors (Lipinski definition) is 0. The quantitative estimate of drug-likeness (QED) is 0.0592. The van der Waals surface area contributed by atoms with Crippen molar-refractivity contribution in [1.29, 1.82) is 0 Å². The first-order chi connectivity index (χ1) is 59.4. The summed E-state index contributed by atoms with van der Waals surface area (Å²) in [7, 11) is -6.03. The number of rotatable bonds is 10. The molecular weight excluding hydrogens is 1300 g/mol. The lowest BCUT2D eigenvalue weighted by atomic mass is 9.62. The molecule has 4 heterocycles. The summed E-state index contributed by atoms with van der Waals surface area (Å²) in [4.78, 5) is 4.95. The van der Waals surface area contributed by atoms with Gasteiger partial charge < -0.3 is 4.74 Å². The molecule has 0 unspecified atom stereocenters. The topological polar surface area (TPSA) is 35.9 Å². The maximum absolute atomic E-state index is 10.4. The van der Waals surface area contributed by atoms with Crippen LogP contribution in [-0.4, -0.2) is 22.2 Å². The number of ether oxygens (including phenoxy) is 1. The van der Waals surface area contributed by atoms with Crippen LogP contribution in [0, 0.1) is 20.0 Å². The molecule has 0 amide bonds. The number of fused-ring (bicyclic) bond motifs is 11. The molecule has 0 bridgehead atoms. The van der Waals surface area contributed by atoms with Crippen molar-refractivity contribution >= 4 is 61.7 Å². The summed E-state index contributed by atoms with van der Waals surface area (Å²) >= 11 is 0. The monoisotopic (exact) mass is 1420 g/mol. The Balaban J connectivity index is 1.12. The molecule has 0 saturated heterocycles. The van der Waals surface area contributed by atoms with E-state index >= 15 is 0 Å². The smallest absolute Gasteiger partial charge is 0.269 e. The summed E-state index contributed by atoms with van der Waals surface area (Å²) in [6.07, 6.45) is 7.26. The number of hydrogen-bond acceptors (Lipinski definition) is 2. The minimum Gasteiger partial charge on any atom is -0.458 e. The molecule has 524 valence electrons. The maximum atomic E-state index is 10.4. The molecule has 1 aliphatic heterocycles. The molecule has 5 nitrogen and oxygen atoms in total. The third-order valence-corrected chi connectivity index (χ3v) is 26.2. The molecule has 0 N–H and O–H groups in total. The highest BCUT2D eigenvalue weighted by molar-refractivity contribution is 7.20. The Morgan fingerprint density at radius 3 is 1.60 bits per heavy atom.